The molecule has 1 heterocycles. The Balaban J connectivity index is 2.15. The number of nitrogens with one attached hydrogen (secondary N) is 2. The van der Waals surface area contributed by atoms with Crippen molar-refractivity contribution in [3.63, 3.8) is 0 Å². The molecule has 0 saturated carbocycles. The van der Waals surface area contributed by atoms with Gasteiger partial charge in [0.15, 0.2) is 0 Å². The van der Waals surface area contributed by atoms with Gasteiger partial charge in [0.1, 0.15) is 6.17 Å². The third-order valence-corrected chi connectivity index (χ3v) is 3.55. The van der Waals surface area contributed by atoms with E-state index in [4.69, 9.17) is 46.4 Å². The Hall–Kier alpha value is -1.20. The van der Waals surface area contributed by atoms with Gasteiger partial charge in [-0.1, -0.05) is 52.5 Å². The zero-order valence-electron chi connectivity index (χ0n) is 11.1. The van der Waals surface area contributed by atoms with Gasteiger partial charge in [0.25, 0.3) is 5.91 Å². The number of halogens is 4. The normalized spacial score (nSPS) is 12.5. The molecule has 2 aromatic rings. The van der Waals surface area contributed by atoms with Crippen LogP contribution in [0.5, 0.6) is 0 Å². The van der Waals surface area contributed by atoms with Gasteiger partial charge in [-0.3, -0.25) is 9.78 Å². The third-order valence-electron chi connectivity index (χ3n) is 2.66. The molecule has 0 aliphatic rings. The van der Waals surface area contributed by atoms with E-state index in [0.29, 0.717) is 16.3 Å². The molecule has 0 radical (unpaired) electrons. The lowest BCUT2D eigenvalue weighted by atomic mass is 10.2. The molecule has 0 bridgehead atoms. The number of anilines is 1. The maximum absolute atomic E-state index is 12.2. The zero-order chi connectivity index (χ0) is 16.2. The van der Waals surface area contributed by atoms with Crippen molar-refractivity contribution in [2.24, 2.45) is 0 Å². The molecule has 0 aliphatic heterocycles. The first kappa shape index (κ1) is 17.2. The van der Waals surface area contributed by atoms with Gasteiger partial charge < -0.3 is 10.6 Å². The molecule has 8 heteroatoms. The molecule has 2 rings (SSSR count). The highest BCUT2D eigenvalue weighted by Gasteiger charge is 2.34. The third kappa shape index (κ3) is 4.92. The minimum Gasteiger partial charge on any atom is -0.362 e. The SMILES string of the molecule is O=C(N[C@@H](Nc1cccc(Cl)c1)C(Cl)(Cl)Cl)c1cccnc1. The summed E-state index contributed by atoms with van der Waals surface area (Å²) < 4.78 is -1.76. The van der Waals surface area contributed by atoms with Crippen LogP contribution in [0, 0.1) is 0 Å². The molecule has 22 heavy (non-hydrogen) atoms. The number of rotatable bonds is 4. The monoisotopic (exact) mass is 377 g/mol. The van der Waals surface area contributed by atoms with E-state index in [2.05, 4.69) is 15.6 Å². The van der Waals surface area contributed by atoms with E-state index in [1.165, 1.54) is 6.20 Å². The predicted octanol–water partition coefficient (Wildman–Crippen LogP) is 4.27. The number of aromatic nitrogens is 1. The maximum Gasteiger partial charge on any atom is 0.254 e. The zero-order valence-corrected chi connectivity index (χ0v) is 14.1. The van der Waals surface area contributed by atoms with Gasteiger partial charge in [0.05, 0.1) is 5.56 Å². The van der Waals surface area contributed by atoms with Gasteiger partial charge in [-0.25, -0.2) is 0 Å². The van der Waals surface area contributed by atoms with Crippen molar-refractivity contribution in [1.82, 2.24) is 10.3 Å². The number of amides is 1. The topological polar surface area (TPSA) is 54.0 Å². The highest BCUT2D eigenvalue weighted by Crippen LogP contribution is 2.31. The van der Waals surface area contributed by atoms with Gasteiger partial charge in [0, 0.05) is 23.1 Å². The molecule has 4 nitrogen and oxygen atoms in total. The summed E-state index contributed by atoms with van der Waals surface area (Å²) in [7, 11) is 0. The second-order valence-electron chi connectivity index (χ2n) is 4.34. The minimum absolute atomic E-state index is 0.356. The van der Waals surface area contributed by atoms with E-state index < -0.39 is 15.9 Å². The highest BCUT2D eigenvalue weighted by atomic mass is 35.6. The number of carbonyl (C=O) groups excluding carboxylic acids is 1. The summed E-state index contributed by atoms with van der Waals surface area (Å²) in [4.78, 5) is 16.0. The Morgan fingerprint density at radius 1 is 1.18 bits per heavy atom. The average molecular weight is 379 g/mol. The van der Waals surface area contributed by atoms with Crippen LogP contribution in [-0.2, 0) is 0 Å². The van der Waals surface area contributed by atoms with Crippen LogP contribution in [0.3, 0.4) is 0 Å². The Morgan fingerprint density at radius 3 is 2.55 bits per heavy atom. The van der Waals surface area contributed by atoms with Crippen molar-refractivity contribution >= 4 is 58.0 Å². The van der Waals surface area contributed by atoms with Crippen molar-refractivity contribution in [3.8, 4) is 0 Å². The summed E-state index contributed by atoms with van der Waals surface area (Å²) >= 11 is 23.7. The van der Waals surface area contributed by atoms with Gasteiger partial charge in [-0.2, -0.15) is 0 Å². The van der Waals surface area contributed by atoms with Crippen molar-refractivity contribution in [2.75, 3.05) is 5.32 Å². The molecule has 116 valence electrons. The van der Waals surface area contributed by atoms with Crippen molar-refractivity contribution in [2.45, 2.75) is 9.96 Å². The Labute approximate surface area is 147 Å². The Morgan fingerprint density at radius 2 is 1.95 bits per heavy atom. The van der Waals surface area contributed by atoms with Crippen molar-refractivity contribution < 1.29 is 4.79 Å². The number of hydrogen-bond acceptors (Lipinski definition) is 3. The van der Waals surface area contributed by atoms with Crippen LogP contribution in [-0.4, -0.2) is 20.8 Å². The molecular formula is C14H11Cl4N3O. The Bertz CT molecular complexity index is 646. The Kier molecular flexibility index (Phi) is 5.75. The predicted molar refractivity (Wildman–Crippen MR) is 90.9 cm³/mol. The van der Waals surface area contributed by atoms with Crippen molar-refractivity contribution in [3.05, 3.63) is 59.4 Å². The number of benzene rings is 1. The first-order valence-corrected chi connectivity index (χ1v) is 7.67. The molecule has 0 saturated heterocycles. The van der Waals surface area contributed by atoms with Gasteiger partial charge in [-0.05, 0) is 30.3 Å². The fourth-order valence-corrected chi connectivity index (χ4v) is 2.17. The second kappa shape index (κ2) is 7.38. The smallest absolute Gasteiger partial charge is 0.254 e. The molecule has 1 amide bonds. The molecule has 1 atom stereocenters. The number of hydrogen-bond donors (Lipinski definition) is 2. The first-order chi connectivity index (χ1) is 10.4. The quantitative estimate of drug-likeness (QED) is 0.616. The molecule has 0 spiro atoms. The van der Waals surface area contributed by atoms with E-state index in [-0.39, 0.29) is 0 Å². The average Bonchev–Trinajstić information content (AvgIpc) is 2.46. The lowest BCUT2D eigenvalue weighted by molar-refractivity contribution is 0.0941. The van der Waals surface area contributed by atoms with Crippen LogP contribution >= 0.6 is 46.4 Å². The van der Waals surface area contributed by atoms with E-state index in [9.17, 15) is 4.79 Å². The molecular weight excluding hydrogens is 368 g/mol. The van der Waals surface area contributed by atoms with Crippen LogP contribution in [0.1, 0.15) is 10.4 Å². The fraction of sp³-hybridized carbons (Fsp3) is 0.143. The summed E-state index contributed by atoms with van der Waals surface area (Å²) in [5.41, 5.74) is 0.963. The van der Waals surface area contributed by atoms with Crippen LogP contribution < -0.4 is 10.6 Å². The number of nitrogens with zero attached hydrogens (tertiary/aromatic N) is 1. The maximum atomic E-state index is 12.2. The summed E-state index contributed by atoms with van der Waals surface area (Å²) in [6.45, 7) is 0. The van der Waals surface area contributed by atoms with Crippen LogP contribution in [0.2, 0.25) is 5.02 Å². The van der Waals surface area contributed by atoms with E-state index >= 15 is 0 Å². The van der Waals surface area contributed by atoms with Crippen LogP contribution in [0.25, 0.3) is 0 Å². The molecule has 0 fully saturated rings. The van der Waals surface area contributed by atoms with Gasteiger partial charge in [0.2, 0.25) is 3.79 Å². The fourth-order valence-electron chi connectivity index (χ4n) is 1.66. The molecule has 1 aromatic heterocycles. The molecule has 1 aromatic carbocycles. The largest absolute Gasteiger partial charge is 0.362 e. The van der Waals surface area contributed by atoms with Crippen molar-refractivity contribution in [1.29, 1.82) is 0 Å². The van der Waals surface area contributed by atoms with E-state index in [0.717, 1.165) is 0 Å². The minimum atomic E-state index is -1.76. The lowest BCUT2D eigenvalue weighted by Gasteiger charge is -2.27. The highest BCUT2D eigenvalue weighted by molar-refractivity contribution is 6.68. The molecule has 0 aliphatic carbocycles. The number of carbonyl (C=O) groups is 1. The van der Waals surface area contributed by atoms with E-state index in [1.807, 2.05) is 0 Å². The number of alkyl halides is 3. The second-order valence-corrected chi connectivity index (χ2v) is 7.15. The molecule has 0 unspecified atom stereocenters. The summed E-state index contributed by atoms with van der Waals surface area (Å²) in [6.07, 6.45) is 2.03. The lowest BCUT2D eigenvalue weighted by Crippen LogP contribution is -2.49. The summed E-state index contributed by atoms with van der Waals surface area (Å²) in [5, 5.41) is 6.06. The van der Waals surface area contributed by atoms with Gasteiger partial charge >= 0.3 is 0 Å². The first-order valence-electron chi connectivity index (χ1n) is 6.16. The standard InChI is InChI=1S/C14H11Cl4N3O/c15-10-4-1-5-11(7-10)20-13(14(16,17)18)21-12(22)9-3-2-6-19-8-9/h1-8,13,20H,(H,21,22)/t13-/m1/s1. The summed E-state index contributed by atoms with van der Waals surface area (Å²) in [5.74, 6) is -0.418. The molecule has 2 N–H and O–H groups in total. The van der Waals surface area contributed by atoms with Crippen LogP contribution in [0.4, 0.5) is 5.69 Å². The van der Waals surface area contributed by atoms with E-state index in [1.54, 1.807) is 42.6 Å². The van der Waals surface area contributed by atoms with Gasteiger partial charge in [-0.15, -0.1) is 0 Å². The van der Waals surface area contributed by atoms with Crippen LogP contribution in [0.15, 0.2) is 48.8 Å². The number of pyridine rings is 1. The summed E-state index contributed by atoms with van der Waals surface area (Å²) in [6, 6.07) is 10.1.